The van der Waals surface area contributed by atoms with E-state index in [0.29, 0.717) is 34.9 Å². The van der Waals surface area contributed by atoms with E-state index in [4.69, 9.17) is 14.2 Å². The van der Waals surface area contributed by atoms with Crippen molar-refractivity contribution in [3.8, 4) is 17.2 Å². The van der Waals surface area contributed by atoms with Gasteiger partial charge in [0.05, 0.1) is 25.5 Å². The fraction of sp³-hybridized carbons (Fsp3) is 0.103. The number of anilines is 1. The van der Waals surface area contributed by atoms with Crippen LogP contribution in [0.4, 0.5) is 5.69 Å². The van der Waals surface area contributed by atoms with Crippen LogP contribution in [0.2, 0.25) is 0 Å². The molecule has 0 aromatic heterocycles. The Hall–Kier alpha value is -5.18. The highest BCUT2D eigenvalue weighted by molar-refractivity contribution is 6.40. The van der Waals surface area contributed by atoms with Crippen LogP contribution in [0.3, 0.4) is 0 Å². The molecular formula is C29H25N3O6. The summed E-state index contributed by atoms with van der Waals surface area (Å²) < 4.78 is 16.2. The first-order valence-corrected chi connectivity index (χ1v) is 11.7. The zero-order valence-corrected chi connectivity index (χ0v) is 20.8. The van der Waals surface area contributed by atoms with Gasteiger partial charge >= 0.3 is 17.8 Å². The summed E-state index contributed by atoms with van der Waals surface area (Å²) in [6.07, 6.45) is 1.35. The van der Waals surface area contributed by atoms with E-state index in [1.54, 1.807) is 68.6 Å². The van der Waals surface area contributed by atoms with Crippen LogP contribution in [0.1, 0.15) is 22.8 Å². The van der Waals surface area contributed by atoms with Crippen molar-refractivity contribution in [1.29, 1.82) is 0 Å². The molecule has 4 aromatic carbocycles. The monoisotopic (exact) mass is 511 g/mol. The van der Waals surface area contributed by atoms with Gasteiger partial charge in [-0.05, 0) is 66.4 Å². The number of methoxy groups -OCH3 is 1. The highest BCUT2D eigenvalue weighted by Gasteiger charge is 2.15. The smallest absolute Gasteiger partial charge is 0.343 e. The molecule has 9 nitrogen and oxygen atoms in total. The van der Waals surface area contributed by atoms with Crippen molar-refractivity contribution in [2.24, 2.45) is 5.10 Å². The van der Waals surface area contributed by atoms with E-state index in [1.807, 2.05) is 30.3 Å². The van der Waals surface area contributed by atoms with Crippen molar-refractivity contribution in [3.05, 3.63) is 96.1 Å². The van der Waals surface area contributed by atoms with E-state index < -0.39 is 17.8 Å². The van der Waals surface area contributed by atoms with Crippen LogP contribution < -0.4 is 25.0 Å². The molecule has 4 rings (SSSR count). The Morgan fingerprint density at radius 3 is 2.39 bits per heavy atom. The number of nitrogens with zero attached hydrogens (tertiary/aromatic N) is 1. The molecule has 0 saturated carbocycles. The van der Waals surface area contributed by atoms with Gasteiger partial charge in [-0.1, -0.05) is 36.4 Å². The van der Waals surface area contributed by atoms with Crippen molar-refractivity contribution in [2.45, 2.75) is 6.92 Å². The minimum absolute atomic E-state index is 0.225. The highest BCUT2D eigenvalue weighted by Crippen LogP contribution is 2.29. The Morgan fingerprint density at radius 2 is 1.63 bits per heavy atom. The molecule has 0 fully saturated rings. The van der Waals surface area contributed by atoms with Crippen LogP contribution in [0.5, 0.6) is 17.2 Å². The van der Waals surface area contributed by atoms with E-state index in [0.717, 1.165) is 10.8 Å². The zero-order valence-electron chi connectivity index (χ0n) is 20.8. The number of hydrogen-bond donors (Lipinski definition) is 2. The molecule has 2 N–H and O–H groups in total. The SMILES string of the molecule is CCOc1cc(C=NNC(=O)C(=O)Nc2cccc3ccccc23)ccc1OC(=O)c1ccc(OC)cc1. The van der Waals surface area contributed by atoms with Crippen LogP contribution in [0, 0.1) is 0 Å². The number of fused-ring (bicyclic) bond motifs is 1. The van der Waals surface area contributed by atoms with Gasteiger partial charge in [-0.25, -0.2) is 10.2 Å². The Morgan fingerprint density at radius 1 is 0.868 bits per heavy atom. The zero-order chi connectivity index (χ0) is 26.9. The molecule has 0 radical (unpaired) electrons. The van der Waals surface area contributed by atoms with Gasteiger partial charge < -0.3 is 19.5 Å². The fourth-order valence-electron chi connectivity index (χ4n) is 3.57. The third-order valence-corrected chi connectivity index (χ3v) is 5.42. The lowest BCUT2D eigenvalue weighted by molar-refractivity contribution is -0.136. The molecule has 0 saturated heterocycles. The van der Waals surface area contributed by atoms with Gasteiger partial charge in [0.25, 0.3) is 0 Å². The summed E-state index contributed by atoms with van der Waals surface area (Å²) in [5.74, 6) is -1.17. The highest BCUT2D eigenvalue weighted by atomic mass is 16.6. The average molecular weight is 512 g/mol. The maximum Gasteiger partial charge on any atom is 0.343 e. The average Bonchev–Trinajstić information content (AvgIpc) is 2.94. The molecule has 0 heterocycles. The number of carbonyl (C=O) groups is 3. The summed E-state index contributed by atoms with van der Waals surface area (Å²) in [5, 5.41) is 8.22. The number of hydrazone groups is 1. The number of rotatable bonds is 8. The Bertz CT molecular complexity index is 1490. The second kappa shape index (κ2) is 12.2. The Labute approximate surface area is 219 Å². The molecule has 0 unspecified atom stereocenters. The van der Waals surface area contributed by atoms with Crippen molar-refractivity contribution >= 4 is 40.5 Å². The first kappa shape index (κ1) is 25.9. The van der Waals surface area contributed by atoms with Gasteiger partial charge in [0.1, 0.15) is 5.75 Å². The van der Waals surface area contributed by atoms with Gasteiger partial charge in [0.15, 0.2) is 11.5 Å². The number of esters is 1. The maximum atomic E-state index is 12.5. The molecule has 192 valence electrons. The molecule has 0 atom stereocenters. The molecule has 0 bridgehead atoms. The van der Waals surface area contributed by atoms with Gasteiger partial charge in [0.2, 0.25) is 0 Å². The lowest BCUT2D eigenvalue weighted by Crippen LogP contribution is -2.32. The van der Waals surface area contributed by atoms with Crippen molar-refractivity contribution < 1.29 is 28.6 Å². The summed E-state index contributed by atoms with van der Waals surface area (Å²) in [5.41, 5.74) is 3.63. The van der Waals surface area contributed by atoms with Gasteiger partial charge in [-0.2, -0.15) is 5.10 Å². The van der Waals surface area contributed by atoms with Crippen molar-refractivity contribution in [1.82, 2.24) is 5.43 Å². The summed E-state index contributed by atoms with van der Waals surface area (Å²) in [6, 6.07) is 24.3. The van der Waals surface area contributed by atoms with E-state index in [9.17, 15) is 14.4 Å². The molecule has 0 aliphatic rings. The first-order valence-electron chi connectivity index (χ1n) is 11.7. The molecule has 4 aromatic rings. The number of ether oxygens (including phenoxy) is 3. The van der Waals surface area contributed by atoms with E-state index in [2.05, 4.69) is 15.8 Å². The predicted molar refractivity (Wildman–Crippen MR) is 144 cm³/mol. The van der Waals surface area contributed by atoms with Crippen molar-refractivity contribution in [2.75, 3.05) is 19.0 Å². The standard InChI is InChI=1S/C29H25N3O6/c1-3-37-26-17-19(11-16-25(26)38-29(35)21-12-14-22(36-2)15-13-21)18-30-32-28(34)27(33)31-24-10-6-8-20-7-4-5-9-23(20)24/h4-18H,3H2,1-2H3,(H,31,33)(H,32,34). The van der Waals surface area contributed by atoms with Crippen LogP contribution in [0.15, 0.2) is 90.0 Å². The topological polar surface area (TPSA) is 115 Å². The molecule has 0 aliphatic heterocycles. The van der Waals surface area contributed by atoms with Crippen molar-refractivity contribution in [3.63, 3.8) is 0 Å². The normalized spacial score (nSPS) is 10.7. The molecule has 38 heavy (non-hydrogen) atoms. The second-order valence-corrected chi connectivity index (χ2v) is 7.94. The Kier molecular flexibility index (Phi) is 8.30. The van der Waals surface area contributed by atoms with Gasteiger partial charge in [-0.3, -0.25) is 9.59 Å². The molecule has 0 aliphatic carbocycles. The van der Waals surface area contributed by atoms with Gasteiger partial charge in [0, 0.05) is 11.1 Å². The van der Waals surface area contributed by atoms with Crippen LogP contribution in [-0.2, 0) is 9.59 Å². The number of hydrogen-bond acceptors (Lipinski definition) is 7. The third kappa shape index (κ3) is 6.33. The molecule has 2 amide bonds. The van der Waals surface area contributed by atoms with Crippen LogP contribution in [-0.4, -0.2) is 37.7 Å². The summed E-state index contributed by atoms with van der Waals surface area (Å²) in [4.78, 5) is 37.2. The quantitative estimate of drug-likeness (QED) is 0.118. The van der Waals surface area contributed by atoms with E-state index in [1.165, 1.54) is 6.21 Å². The third-order valence-electron chi connectivity index (χ3n) is 5.42. The lowest BCUT2D eigenvalue weighted by atomic mass is 10.1. The summed E-state index contributed by atoms with van der Waals surface area (Å²) >= 11 is 0. The minimum atomic E-state index is -0.927. The summed E-state index contributed by atoms with van der Waals surface area (Å²) in [7, 11) is 1.54. The minimum Gasteiger partial charge on any atom is -0.497 e. The van der Waals surface area contributed by atoms with Crippen LogP contribution >= 0.6 is 0 Å². The number of benzene rings is 4. The van der Waals surface area contributed by atoms with Gasteiger partial charge in [-0.15, -0.1) is 0 Å². The van der Waals surface area contributed by atoms with E-state index >= 15 is 0 Å². The Balaban J connectivity index is 1.39. The second-order valence-electron chi connectivity index (χ2n) is 7.94. The number of carbonyl (C=O) groups excluding carboxylic acids is 3. The summed E-state index contributed by atoms with van der Waals surface area (Å²) in [6.45, 7) is 2.13. The number of nitrogens with one attached hydrogen (secondary N) is 2. The largest absolute Gasteiger partial charge is 0.497 e. The first-order chi connectivity index (χ1) is 18.5. The predicted octanol–water partition coefficient (Wildman–Crippen LogP) is 4.56. The fourth-order valence-corrected chi connectivity index (χ4v) is 3.57. The molecule has 9 heteroatoms. The van der Waals surface area contributed by atoms with Crippen LogP contribution in [0.25, 0.3) is 10.8 Å². The number of amides is 2. The lowest BCUT2D eigenvalue weighted by Gasteiger charge is -2.11. The molecular weight excluding hydrogens is 486 g/mol. The van der Waals surface area contributed by atoms with E-state index in [-0.39, 0.29) is 5.75 Å². The maximum absolute atomic E-state index is 12.5. The molecule has 0 spiro atoms.